The van der Waals surface area contributed by atoms with Crippen LogP contribution in [-0.4, -0.2) is 23.4 Å². The number of aliphatic hydroxyl groups excluding tert-OH is 1. The Bertz CT molecular complexity index is 1370. The lowest BCUT2D eigenvalue weighted by molar-refractivity contribution is -0.132. The van der Waals surface area contributed by atoms with E-state index in [1.807, 2.05) is 45.0 Å². The van der Waals surface area contributed by atoms with Crippen LogP contribution >= 0.6 is 0 Å². The zero-order chi connectivity index (χ0) is 25.1. The van der Waals surface area contributed by atoms with E-state index in [-0.39, 0.29) is 11.3 Å². The van der Waals surface area contributed by atoms with Crippen molar-refractivity contribution in [3.8, 4) is 11.8 Å². The van der Waals surface area contributed by atoms with Crippen LogP contribution in [0.1, 0.15) is 47.2 Å². The van der Waals surface area contributed by atoms with Crippen LogP contribution in [0.4, 0.5) is 5.69 Å². The maximum absolute atomic E-state index is 13.4. The second kappa shape index (κ2) is 9.86. The molecule has 1 N–H and O–H groups in total. The molecular formula is C29H26N2O4. The van der Waals surface area contributed by atoms with E-state index in [1.165, 1.54) is 4.90 Å². The number of ether oxygens (including phenoxy) is 1. The highest BCUT2D eigenvalue weighted by Crippen LogP contribution is 2.43. The monoisotopic (exact) mass is 466 g/mol. The molecule has 6 heteroatoms. The number of benzene rings is 3. The highest BCUT2D eigenvalue weighted by molar-refractivity contribution is 6.51. The van der Waals surface area contributed by atoms with Crippen molar-refractivity contribution in [1.82, 2.24) is 0 Å². The molecule has 0 spiro atoms. The van der Waals surface area contributed by atoms with Gasteiger partial charge in [-0.25, -0.2) is 0 Å². The number of ketones is 1. The molecule has 6 nitrogen and oxygen atoms in total. The van der Waals surface area contributed by atoms with E-state index >= 15 is 0 Å². The summed E-state index contributed by atoms with van der Waals surface area (Å²) in [7, 11) is 0. The number of aliphatic hydroxyl groups is 1. The number of nitrogens with zero attached hydrogens (tertiary/aromatic N) is 2. The van der Waals surface area contributed by atoms with Crippen LogP contribution in [0.15, 0.2) is 72.3 Å². The van der Waals surface area contributed by atoms with E-state index in [0.29, 0.717) is 34.7 Å². The van der Waals surface area contributed by atoms with Crippen LogP contribution in [-0.2, 0) is 9.59 Å². The molecule has 0 radical (unpaired) electrons. The minimum absolute atomic E-state index is 0.0145. The second-order valence-corrected chi connectivity index (χ2v) is 8.57. The predicted octanol–water partition coefficient (Wildman–Crippen LogP) is 5.59. The van der Waals surface area contributed by atoms with Crippen molar-refractivity contribution in [2.45, 2.75) is 33.2 Å². The molecule has 1 saturated heterocycles. The first kappa shape index (κ1) is 23.8. The van der Waals surface area contributed by atoms with Gasteiger partial charge in [-0.2, -0.15) is 5.26 Å². The summed E-state index contributed by atoms with van der Waals surface area (Å²) in [6.45, 7) is 6.28. The van der Waals surface area contributed by atoms with E-state index in [1.54, 1.807) is 42.5 Å². The Hall–Kier alpha value is -4.37. The minimum atomic E-state index is -0.868. The summed E-state index contributed by atoms with van der Waals surface area (Å²) >= 11 is 0. The van der Waals surface area contributed by atoms with Crippen molar-refractivity contribution in [2.75, 3.05) is 11.5 Å². The van der Waals surface area contributed by atoms with Crippen molar-refractivity contribution in [1.29, 1.82) is 5.26 Å². The molecule has 3 aromatic rings. The van der Waals surface area contributed by atoms with Gasteiger partial charge in [-0.3, -0.25) is 14.5 Å². The Morgan fingerprint density at radius 1 is 1.06 bits per heavy atom. The Balaban J connectivity index is 1.94. The van der Waals surface area contributed by atoms with Crippen molar-refractivity contribution < 1.29 is 19.4 Å². The van der Waals surface area contributed by atoms with E-state index < -0.39 is 17.7 Å². The molecule has 1 amide bonds. The average molecular weight is 467 g/mol. The zero-order valence-corrected chi connectivity index (χ0v) is 19.9. The molecule has 0 saturated carbocycles. The summed E-state index contributed by atoms with van der Waals surface area (Å²) in [5, 5.41) is 20.6. The van der Waals surface area contributed by atoms with Gasteiger partial charge < -0.3 is 9.84 Å². The maximum atomic E-state index is 13.4. The van der Waals surface area contributed by atoms with Gasteiger partial charge >= 0.3 is 0 Å². The summed E-state index contributed by atoms with van der Waals surface area (Å²) in [5.74, 6) is -1.11. The molecule has 4 rings (SSSR count). The Labute approximate surface area is 204 Å². The lowest BCUT2D eigenvalue weighted by atomic mass is 9.93. The van der Waals surface area contributed by atoms with Crippen LogP contribution in [0.2, 0.25) is 0 Å². The Morgan fingerprint density at radius 2 is 1.80 bits per heavy atom. The normalized spacial score (nSPS) is 16.9. The molecule has 1 heterocycles. The fourth-order valence-corrected chi connectivity index (χ4v) is 4.24. The van der Waals surface area contributed by atoms with Crippen molar-refractivity contribution in [3.05, 3.63) is 100 Å². The first-order valence-corrected chi connectivity index (χ1v) is 11.5. The maximum Gasteiger partial charge on any atom is 0.300 e. The summed E-state index contributed by atoms with van der Waals surface area (Å²) in [6.07, 6.45) is 0.834. The van der Waals surface area contributed by atoms with Gasteiger partial charge in [0.1, 0.15) is 11.5 Å². The molecule has 1 atom stereocenters. The van der Waals surface area contributed by atoms with Crippen LogP contribution in [0.3, 0.4) is 0 Å². The first-order valence-electron chi connectivity index (χ1n) is 11.5. The Kier molecular flexibility index (Phi) is 6.70. The first-order chi connectivity index (χ1) is 16.8. The summed E-state index contributed by atoms with van der Waals surface area (Å²) in [6, 6.07) is 20.5. The second-order valence-electron chi connectivity index (χ2n) is 8.57. The lowest BCUT2D eigenvalue weighted by Crippen LogP contribution is -2.29. The van der Waals surface area contributed by atoms with Gasteiger partial charge in [-0.1, -0.05) is 36.8 Å². The molecule has 1 aliphatic rings. The third-order valence-electron chi connectivity index (χ3n) is 6.01. The minimum Gasteiger partial charge on any atom is -0.507 e. The zero-order valence-electron chi connectivity index (χ0n) is 19.9. The molecule has 0 bridgehead atoms. The standard InChI is InChI=1S/C29H26N2O4/c1-4-14-35-23-7-5-6-21(16-23)26-25(27(32)24-15-18(2)8-9-19(24)3)28(33)29(34)31(26)22-12-10-20(17-30)11-13-22/h5-13,15-16,26,32H,4,14H2,1-3H3/b27-25+. The lowest BCUT2D eigenvalue weighted by Gasteiger charge is -2.26. The van der Waals surface area contributed by atoms with Crippen LogP contribution in [0, 0.1) is 25.2 Å². The van der Waals surface area contributed by atoms with E-state index in [2.05, 4.69) is 6.07 Å². The largest absolute Gasteiger partial charge is 0.507 e. The number of rotatable bonds is 6. The summed E-state index contributed by atoms with van der Waals surface area (Å²) < 4.78 is 5.79. The number of aryl methyl sites for hydroxylation is 2. The summed E-state index contributed by atoms with van der Waals surface area (Å²) in [5.41, 5.74) is 3.76. The van der Waals surface area contributed by atoms with Gasteiger partial charge in [0.05, 0.1) is 29.9 Å². The number of carbonyl (C=O) groups excluding carboxylic acids is 2. The summed E-state index contributed by atoms with van der Waals surface area (Å²) in [4.78, 5) is 28.1. The molecule has 3 aromatic carbocycles. The highest BCUT2D eigenvalue weighted by Gasteiger charge is 2.47. The average Bonchev–Trinajstić information content (AvgIpc) is 3.14. The number of carbonyl (C=O) groups is 2. The fourth-order valence-electron chi connectivity index (χ4n) is 4.24. The SMILES string of the molecule is CCCOc1cccc(C2/C(=C(\O)c3cc(C)ccc3C)C(=O)C(=O)N2c2ccc(C#N)cc2)c1. The molecule has 176 valence electrons. The highest BCUT2D eigenvalue weighted by atomic mass is 16.5. The van der Waals surface area contributed by atoms with E-state index in [9.17, 15) is 14.7 Å². The number of hydrogen-bond donors (Lipinski definition) is 1. The van der Waals surface area contributed by atoms with Gasteiger partial charge in [0.25, 0.3) is 11.7 Å². The van der Waals surface area contributed by atoms with Gasteiger partial charge in [-0.05, 0) is 73.9 Å². The number of Topliss-reactive ketones (excluding diaryl/α,β-unsaturated/α-hetero) is 1. The number of amides is 1. The molecule has 35 heavy (non-hydrogen) atoms. The molecular weight excluding hydrogens is 440 g/mol. The molecule has 0 aliphatic carbocycles. The van der Waals surface area contributed by atoms with Gasteiger partial charge in [0, 0.05) is 11.3 Å². The number of anilines is 1. The van der Waals surface area contributed by atoms with Gasteiger partial charge in [-0.15, -0.1) is 0 Å². The van der Waals surface area contributed by atoms with Crippen LogP contribution < -0.4 is 9.64 Å². The fraction of sp³-hybridized carbons (Fsp3) is 0.207. The van der Waals surface area contributed by atoms with Crippen LogP contribution in [0.5, 0.6) is 5.75 Å². The topological polar surface area (TPSA) is 90.6 Å². The van der Waals surface area contributed by atoms with Gasteiger partial charge in [0.15, 0.2) is 0 Å². The molecule has 1 fully saturated rings. The van der Waals surface area contributed by atoms with Crippen LogP contribution in [0.25, 0.3) is 5.76 Å². The number of hydrogen-bond acceptors (Lipinski definition) is 5. The molecule has 1 unspecified atom stereocenters. The van der Waals surface area contributed by atoms with E-state index in [4.69, 9.17) is 10.00 Å². The number of nitriles is 1. The molecule has 0 aromatic heterocycles. The third-order valence-corrected chi connectivity index (χ3v) is 6.01. The Morgan fingerprint density at radius 3 is 2.49 bits per heavy atom. The molecule has 1 aliphatic heterocycles. The van der Waals surface area contributed by atoms with Crippen molar-refractivity contribution >= 4 is 23.1 Å². The smallest absolute Gasteiger partial charge is 0.300 e. The van der Waals surface area contributed by atoms with E-state index in [0.717, 1.165) is 17.5 Å². The van der Waals surface area contributed by atoms with Crippen molar-refractivity contribution in [2.24, 2.45) is 0 Å². The quantitative estimate of drug-likeness (QED) is 0.290. The predicted molar refractivity (Wildman–Crippen MR) is 134 cm³/mol. The van der Waals surface area contributed by atoms with Crippen molar-refractivity contribution in [3.63, 3.8) is 0 Å². The van der Waals surface area contributed by atoms with Gasteiger partial charge in [0.2, 0.25) is 0 Å². The third kappa shape index (κ3) is 4.53.